The molecule has 0 radical (unpaired) electrons. The van der Waals surface area contributed by atoms with Gasteiger partial charge in [-0.15, -0.1) is 0 Å². The summed E-state index contributed by atoms with van der Waals surface area (Å²) in [6, 6.07) is 8.44. The van der Waals surface area contributed by atoms with E-state index in [2.05, 4.69) is 40.3 Å². The first-order valence-corrected chi connectivity index (χ1v) is 9.25. The molecule has 2 fully saturated rings. The van der Waals surface area contributed by atoms with Crippen LogP contribution in [0.3, 0.4) is 0 Å². The van der Waals surface area contributed by atoms with Crippen LogP contribution in [0.25, 0.3) is 10.9 Å². The van der Waals surface area contributed by atoms with Gasteiger partial charge in [0, 0.05) is 56.2 Å². The first-order valence-electron chi connectivity index (χ1n) is 9.25. The van der Waals surface area contributed by atoms with Crippen LogP contribution in [0.4, 0.5) is 0 Å². The van der Waals surface area contributed by atoms with E-state index in [1.54, 1.807) is 6.92 Å². The number of aromatic nitrogens is 1. The highest BCUT2D eigenvalue weighted by atomic mass is 16.3. The van der Waals surface area contributed by atoms with Crippen LogP contribution >= 0.6 is 0 Å². The fourth-order valence-electron chi connectivity index (χ4n) is 4.75. The highest BCUT2D eigenvalue weighted by Gasteiger charge is 2.48. The maximum Gasteiger partial charge on any atom is 0.219 e. The van der Waals surface area contributed by atoms with Gasteiger partial charge in [-0.25, -0.2) is 0 Å². The SMILES string of the molecule is CC(=O)N1CC(CO)C2(CCN(Cc3c[nH]c4ccccc34)CC2)C1. The normalized spacial score (nSPS) is 23.6. The van der Waals surface area contributed by atoms with E-state index in [1.807, 2.05) is 4.90 Å². The monoisotopic (exact) mass is 341 g/mol. The number of para-hydroxylation sites is 1. The number of aromatic amines is 1. The van der Waals surface area contributed by atoms with Gasteiger partial charge >= 0.3 is 0 Å². The molecule has 1 atom stereocenters. The zero-order chi connectivity index (χ0) is 17.4. The predicted molar refractivity (Wildman–Crippen MR) is 98.1 cm³/mol. The fourth-order valence-corrected chi connectivity index (χ4v) is 4.75. The highest BCUT2D eigenvalue weighted by Crippen LogP contribution is 2.44. The van der Waals surface area contributed by atoms with Crippen LogP contribution in [0.5, 0.6) is 0 Å². The molecule has 1 amide bonds. The molecule has 134 valence electrons. The van der Waals surface area contributed by atoms with Crippen molar-refractivity contribution in [3.05, 3.63) is 36.0 Å². The molecule has 5 nitrogen and oxygen atoms in total. The predicted octanol–water partition coefficient (Wildman–Crippen LogP) is 2.22. The largest absolute Gasteiger partial charge is 0.396 e. The van der Waals surface area contributed by atoms with Gasteiger partial charge in [0.1, 0.15) is 0 Å². The highest BCUT2D eigenvalue weighted by molar-refractivity contribution is 5.82. The third-order valence-electron chi connectivity index (χ3n) is 6.40. The van der Waals surface area contributed by atoms with Crippen molar-refractivity contribution in [3.8, 4) is 0 Å². The summed E-state index contributed by atoms with van der Waals surface area (Å²) in [5.74, 6) is 0.364. The summed E-state index contributed by atoms with van der Waals surface area (Å²) in [6.45, 7) is 6.37. The molecule has 25 heavy (non-hydrogen) atoms. The Morgan fingerprint density at radius 3 is 2.80 bits per heavy atom. The third-order valence-corrected chi connectivity index (χ3v) is 6.40. The molecule has 1 aromatic carbocycles. The van der Waals surface area contributed by atoms with E-state index in [9.17, 15) is 9.90 Å². The number of likely N-dealkylation sites (tertiary alicyclic amines) is 2. The number of piperidine rings is 1. The number of H-pyrrole nitrogens is 1. The first-order chi connectivity index (χ1) is 12.1. The molecule has 2 aliphatic rings. The van der Waals surface area contributed by atoms with E-state index < -0.39 is 0 Å². The molecular formula is C20H27N3O2. The molecule has 3 heterocycles. The molecule has 2 N–H and O–H groups in total. The zero-order valence-corrected chi connectivity index (χ0v) is 14.9. The Morgan fingerprint density at radius 2 is 2.08 bits per heavy atom. The molecule has 4 rings (SSSR count). The summed E-state index contributed by atoms with van der Waals surface area (Å²) < 4.78 is 0. The lowest BCUT2D eigenvalue weighted by Crippen LogP contribution is -2.44. The lowest BCUT2D eigenvalue weighted by molar-refractivity contribution is -0.128. The van der Waals surface area contributed by atoms with Crippen LogP contribution in [0.1, 0.15) is 25.3 Å². The van der Waals surface area contributed by atoms with Crippen molar-refractivity contribution in [1.82, 2.24) is 14.8 Å². The van der Waals surface area contributed by atoms with Crippen LogP contribution in [0.2, 0.25) is 0 Å². The second-order valence-corrected chi connectivity index (χ2v) is 7.78. The fraction of sp³-hybridized carbons (Fsp3) is 0.550. The van der Waals surface area contributed by atoms with Crippen LogP contribution in [-0.4, -0.2) is 58.6 Å². The number of fused-ring (bicyclic) bond motifs is 1. The smallest absolute Gasteiger partial charge is 0.219 e. The summed E-state index contributed by atoms with van der Waals surface area (Å²) >= 11 is 0. The number of hydrogen-bond acceptors (Lipinski definition) is 3. The maximum absolute atomic E-state index is 11.8. The minimum atomic E-state index is 0.108. The van der Waals surface area contributed by atoms with Gasteiger partial charge in [-0.2, -0.15) is 0 Å². The van der Waals surface area contributed by atoms with E-state index in [0.29, 0.717) is 6.54 Å². The molecule has 1 spiro atoms. The maximum atomic E-state index is 11.8. The molecule has 2 aromatic rings. The minimum Gasteiger partial charge on any atom is -0.396 e. The standard InChI is InChI=1S/C20H27N3O2/c1-15(25)23-12-17(13-24)20(14-23)6-8-22(9-7-20)11-16-10-21-19-5-3-2-4-18(16)19/h2-5,10,17,21,24H,6-9,11-14H2,1H3. The van der Waals surface area contributed by atoms with Crippen LogP contribution in [-0.2, 0) is 11.3 Å². The van der Waals surface area contributed by atoms with Crippen molar-refractivity contribution in [2.24, 2.45) is 11.3 Å². The van der Waals surface area contributed by atoms with Gasteiger partial charge in [0.2, 0.25) is 5.91 Å². The molecule has 0 bridgehead atoms. The molecule has 5 heteroatoms. The topological polar surface area (TPSA) is 59.6 Å². The Morgan fingerprint density at radius 1 is 1.32 bits per heavy atom. The number of aliphatic hydroxyl groups is 1. The Bertz CT molecular complexity index is 761. The van der Waals surface area contributed by atoms with Gasteiger partial charge in [0.25, 0.3) is 0 Å². The number of nitrogens with one attached hydrogen (secondary N) is 1. The van der Waals surface area contributed by atoms with Crippen LogP contribution in [0.15, 0.2) is 30.5 Å². The van der Waals surface area contributed by atoms with E-state index in [4.69, 9.17) is 0 Å². The quantitative estimate of drug-likeness (QED) is 0.900. The van der Waals surface area contributed by atoms with E-state index >= 15 is 0 Å². The number of nitrogens with zero attached hydrogens (tertiary/aromatic N) is 2. The number of amides is 1. The molecule has 1 aromatic heterocycles. The lowest BCUT2D eigenvalue weighted by atomic mass is 9.71. The van der Waals surface area contributed by atoms with Gasteiger partial charge in [-0.05, 0) is 43.0 Å². The summed E-state index contributed by atoms with van der Waals surface area (Å²) in [5, 5.41) is 11.1. The number of carbonyl (C=O) groups is 1. The number of carbonyl (C=O) groups excluding carboxylic acids is 1. The average molecular weight is 341 g/mol. The Balaban J connectivity index is 1.43. The number of rotatable bonds is 3. The van der Waals surface area contributed by atoms with Crippen molar-refractivity contribution < 1.29 is 9.90 Å². The average Bonchev–Trinajstić information content (AvgIpc) is 3.19. The second-order valence-electron chi connectivity index (χ2n) is 7.78. The van der Waals surface area contributed by atoms with Crippen molar-refractivity contribution in [2.45, 2.75) is 26.3 Å². The van der Waals surface area contributed by atoms with E-state index in [-0.39, 0.29) is 23.8 Å². The number of aliphatic hydroxyl groups excluding tert-OH is 1. The van der Waals surface area contributed by atoms with Gasteiger partial charge < -0.3 is 15.0 Å². The molecular weight excluding hydrogens is 314 g/mol. The molecule has 0 aliphatic carbocycles. The van der Waals surface area contributed by atoms with E-state index in [0.717, 1.165) is 39.0 Å². The lowest BCUT2D eigenvalue weighted by Gasteiger charge is -2.42. The van der Waals surface area contributed by atoms with E-state index in [1.165, 1.54) is 16.5 Å². The zero-order valence-electron chi connectivity index (χ0n) is 14.9. The minimum absolute atomic E-state index is 0.108. The Hall–Kier alpha value is -1.85. The van der Waals surface area contributed by atoms with Gasteiger partial charge in [0.05, 0.1) is 0 Å². The summed E-state index contributed by atoms with van der Waals surface area (Å²) in [5.41, 5.74) is 2.65. The number of benzene rings is 1. The Labute approximate surface area is 148 Å². The molecule has 2 aliphatic heterocycles. The van der Waals surface area contributed by atoms with Gasteiger partial charge in [-0.3, -0.25) is 9.69 Å². The van der Waals surface area contributed by atoms with Gasteiger partial charge in [0.15, 0.2) is 0 Å². The first kappa shape index (κ1) is 16.6. The summed E-state index contributed by atoms with van der Waals surface area (Å²) in [4.78, 5) is 19.6. The van der Waals surface area contributed by atoms with Crippen LogP contribution in [0, 0.1) is 11.3 Å². The summed E-state index contributed by atoms with van der Waals surface area (Å²) in [6.07, 6.45) is 4.24. The second kappa shape index (κ2) is 6.46. The van der Waals surface area contributed by atoms with Gasteiger partial charge in [-0.1, -0.05) is 18.2 Å². The van der Waals surface area contributed by atoms with Crippen molar-refractivity contribution in [1.29, 1.82) is 0 Å². The van der Waals surface area contributed by atoms with Crippen molar-refractivity contribution >= 4 is 16.8 Å². The molecule has 0 saturated carbocycles. The summed E-state index contributed by atoms with van der Waals surface area (Å²) in [7, 11) is 0. The van der Waals surface area contributed by atoms with Crippen molar-refractivity contribution in [2.75, 3.05) is 32.8 Å². The number of hydrogen-bond donors (Lipinski definition) is 2. The van der Waals surface area contributed by atoms with Crippen molar-refractivity contribution in [3.63, 3.8) is 0 Å². The molecule has 1 unspecified atom stereocenters. The Kier molecular flexibility index (Phi) is 4.29. The third kappa shape index (κ3) is 2.96. The van der Waals surface area contributed by atoms with Crippen LogP contribution < -0.4 is 0 Å². The molecule has 2 saturated heterocycles.